The largest absolute Gasteiger partial charge is 0.383 e. The third-order valence-electron chi connectivity index (χ3n) is 2.12. The van der Waals surface area contributed by atoms with E-state index in [4.69, 9.17) is 0 Å². The monoisotopic (exact) mass is 364 g/mol. The smallest absolute Gasteiger partial charge is 0.137 e. The molecule has 1 aromatic carbocycles. The number of hydrogen-bond acceptors (Lipinski definition) is 2. The molecule has 0 saturated carbocycles. The van der Waals surface area contributed by atoms with Gasteiger partial charge in [-0.3, -0.25) is 0 Å². The zero-order valence-electron chi connectivity index (χ0n) is 7.95. The quantitative estimate of drug-likeness (QED) is 0.831. The maximum Gasteiger partial charge on any atom is 0.137 e. The van der Waals surface area contributed by atoms with E-state index in [9.17, 15) is 9.50 Å². The van der Waals surface area contributed by atoms with Crippen LogP contribution in [0.15, 0.2) is 38.6 Å². The van der Waals surface area contributed by atoms with Crippen molar-refractivity contribution in [1.82, 2.24) is 0 Å². The van der Waals surface area contributed by atoms with Gasteiger partial charge in [-0.15, -0.1) is 11.3 Å². The Bertz CT molecular complexity index is 512. The third-order valence-corrected chi connectivity index (χ3v) is 4.44. The first-order chi connectivity index (χ1) is 7.58. The molecule has 0 aliphatic rings. The highest BCUT2D eigenvalue weighted by Gasteiger charge is 2.14. The van der Waals surface area contributed by atoms with Crippen molar-refractivity contribution in [3.05, 3.63) is 54.8 Å². The molecule has 5 heteroatoms. The first-order valence-corrected chi connectivity index (χ1v) is 6.86. The molecular weight excluding hydrogens is 359 g/mol. The summed E-state index contributed by atoms with van der Waals surface area (Å²) in [5, 5.41) is 10.0. The van der Waals surface area contributed by atoms with Gasteiger partial charge in [0, 0.05) is 4.88 Å². The predicted octanol–water partition coefficient (Wildman–Crippen LogP) is 4.49. The molecule has 1 aromatic heterocycles. The van der Waals surface area contributed by atoms with Crippen molar-refractivity contribution in [3.8, 4) is 0 Å². The molecule has 2 aromatic rings. The van der Waals surface area contributed by atoms with Crippen molar-refractivity contribution in [2.24, 2.45) is 0 Å². The Morgan fingerprint density at radius 3 is 2.50 bits per heavy atom. The van der Waals surface area contributed by atoms with E-state index in [1.807, 2.05) is 12.1 Å². The van der Waals surface area contributed by atoms with Crippen molar-refractivity contribution >= 4 is 43.2 Å². The first-order valence-electron chi connectivity index (χ1n) is 4.46. The highest BCUT2D eigenvalue weighted by Crippen LogP contribution is 2.32. The van der Waals surface area contributed by atoms with E-state index in [0.717, 1.165) is 8.66 Å². The van der Waals surface area contributed by atoms with Crippen LogP contribution in [0.2, 0.25) is 0 Å². The van der Waals surface area contributed by atoms with Crippen LogP contribution in [-0.4, -0.2) is 5.11 Å². The molecule has 1 unspecified atom stereocenters. The second-order valence-electron chi connectivity index (χ2n) is 3.22. The summed E-state index contributed by atoms with van der Waals surface area (Å²) in [6.45, 7) is 0. The van der Waals surface area contributed by atoms with Crippen LogP contribution in [-0.2, 0) is 0 Å². The topological polar surface area (TPSA) is 20.2 Å². The maximum atomic E-state index is 13.3. The van der Waals surface area contributed by atoms with E-state index < -0.39 is 6.10 Å². The number of benzene rings is 1. The Hall–Kier alpha value is -0.230. The van der Waals surface area contributed by atoms with Gasteiger partial charge in [0.2, 0.25) is 0 Å². The lowest BCUT2D eigenvalue weighted by Gasteiger charge is -2.09. The molecule has 0 fully saturated rings. The summed E-state index contributed by atoms with van der Waals surface area (Å²) in [6, 6.07) is 8.31. The van der Waals surface area contributed by atoms with Crippen molar-refractivity contribution in [3.63, 3.8) is 0 Å². The standard InChI is InChI=1S/C11H7Br2FOS/c12-7-2-1-6(5-8(7)14)11(15)9-3-4-10(13)16-9/h1-5,11,15H. The molecule has 0 amide bonds. The summed E-state index contributed by atoms with van der Waals surface area (Å²) in [5.74, 6) is -0.368. The van der Waals surface area contributed by atoms with Crippen LogP contribution in [0, 0.1) is 5.82 Å². The third kappa shape index (κ3) is 2.53. The Morgan fingerprint density at radius 2 is 1.94 bits per heavy atom. The molecule has 1 N–H and O–H groups in total. The van der Waals surface area contributed by atoms with Crippen LogP contribution in [0.1, 0.15) is 16.5 Å². The molecule has 84 valence electrons. The fraction of sp³-hybridized carbons (Fsp3) is 0.0909. The van der Waals surface area contributed by atoms with Gasteiger partial charge >= 0.3 is 0 Å². The van der Waals surface area contributed by atoms with Crippen LogP contribution in [0.3, 0.4) is 0 Å². The van der Waals surface area contributed by atoms with Crippen LogP contribution in [0.5, 0.6) is 0 Å². The molecule has 16 heavy (non-hydrogen) atoms. The van der Waals surface area contributed by atoms with Gasteiger partial charge in [-0.1, -0.05) is 6.07 Å². The van der Waals surface area contributed by atoms with Crippen molar-refractivity contribution in [2.75, 3.05) is 0 Å². The molecule has 2 rings (SSSR count). The maximum absolute atomic E-state index is 13.3. The summed E-state index contributed by atoms with van der Waals surface area (Å²) in [7, 11) is 0. The highest BCUT2D eigenvalue weighted by atomic mass is 79.9. The molecule has 0 aliphatic carbocycles. The number of hydrogen-bond donors (Lipinski definition) is 1. The second kappa shape index (κ2) is 4.96. The van der Waals surface area contributed by atoms with E-state index in [2.05, 4.69) is 31.9 Å². The minimum atomic E-state index is -0.779. The SMILES string of the molecule is OC(c1ccc(Br)c(F)c1)c1ccc(Br)s1. The van der Waals surface area contributed by atoms with Crippen LogP contribution < -0.4 is 0 Å². The number of rotatable bonds is 2. The van der Waals surface area contributed by atoms with Crippen molar-refractivity contribution < 1.29 is 9.50 Å². The van der Waals surface area contributed by atoms with E-state index in [1.165, 1.54) is 17.4 Å². The van der Waals surface area contributed by atoms with E-state index in [0.29, 0.717) is 10.0 Å². The highest BCUT2D eigenvalue weighted by molar-refractivity contribution is 9.11. The van der Waals surface area contributed by atoms with Gasteiger partial charge in [0.25, 0.3) is 0 Å². The normalized spacial score (nSPS) is 12.8. The summed E-state index contributed by atoms with van der Waals surface area (Å²) < 4.78 is 14.6. The Labute approximate surface area is 113 Å². The minimum absolute atomic E-state index is 0.368. The lowest BCUT2D eigenvalue weighted by molar-refractivity contribution is 0.223. The van der Waals surface area contributed by atoms with Crippen molar-refractivity contribution in [2.45, 2.75) is 6.10 Å². The number of halogens is 3. The lowest BCUT2D eigenvalue weighted by atomic mass is 10.1. The minimum Gasteiger partial charge on any atom is -0.383 e. The summed E-state index contributed by atoms with van der Waals surface area (Å²) in [5.41, 5.74) is 0.551. The predicted molar refractivity (Wildman–Crippen MR) is 70.2 cm³/mol. The second-order valence-corrected chi connectivity index (χ2v) is 6.57. The van der Waals surface area contributed by atoms with E-state index in [1.54, 1.807) is 12.1 Å². The lowest BCUT2D eigenvalue weighted by Crippen LogP contribution is -1.97. The number of aliphatic hydroxyl groups excluding tert-OH is 1. The summed E-state index contributed by atoms with van der Waals surface area (Å²) >= 11 is 7.84. The van der Waals surface area contributed by atoms with Gasteiger partial charge in [0.05, 0.1) is 8.26 Å². The number of aliphatic hydroxyl groups is 1. The summed E-state index contributed by atoms with van der Waals surface area (Å²) in [4.78, 5) is 0.786. The molecule has 0 spiro atoms. The Balaban J connectivity index is 2.33. The molecule has 1 heterocycles. The van der Waals surface area contributed by atoms with Crippen molar-refractivity contribution in [1.29, 1.82) is 0 Å². The average molecular weight is 366 g/mol. The molecule has 0 aliphatic heterocycles. The fourth-order valence-electron chi connectivity index (χ4n) is 1.32. The zero-order chi connectivity index (χ0) is 11.7. The van der Waals surface area contributed by atoms with Gasteiger partial charge in [-0.2, -0.15) is 0 Å². The summed E-state index contributed by atoms with van der Waals surface area (Å²) in [6.07, 6.45) is -0.779. The first kappa shape index (κ1) is 12.2. The van der Waals surface area contributed by atoms with Gasteiger partial charge < -0.3 is 5.11 Å². The Morgan fingerprint density at radius 1 is 1.19 bits per heavy atom. The fourth-order valence-corrected chi connectivity index (χ4v) is 3.01. The Kier molecular flexibility index (Phi) is 3.79. The molecule has 1 nitrogen and oxygen atoms in total. The number of thiophene rings is 1. The molecular formula is C11H7Br2FOS. The molecule has 0 bridgehead atoms. The van der Waals surface area contributed by atoms with Gasteiger partial charge in [-0.25, -0.2) is 4.39 Å². The van der Waals surface area contributed by atoms with Crippen LogP contribution >= 0.6 is 43.2 Å². The van der Waals surface area contributed by atoms with Crippen LogP contribution in [0.25, 0.3) is 0 Å². The van der Waals surface area contributed by atoms with Gasteiger partial charge in [-0.05, 0) is 61.7 Å². The van der Waals surface area contributed by atoms with Gasteiger partial charge in [0.15, 0.2) is 0 Å². The van der Waals surface area contributed by atoms with E-state index >= 15 is 0 Å². The van der Waals surface area contributed by atoms with Gasteiger partial charge in [0.1, 0.15) is 11.9 Å². The molecule has 0 radical (unpaired) electrons. The zero-order valence-corrected chi connectivity index (χ0v) is 11.9. The van der Waals surface area contributed by atoms with Crippen LogP contribution in [0.4, 0.5) is 4.39 Å². The average Bonchev–Trinajstić information content (AvgIpc) is 2.68. The van der Waals surface area contributed by atoms with E-state index in [-0.39, 0.29) is 5.82 Å². The molecule has 0 saturated heterocycles. The molecule has 1 atom stereocenters.